The summed E-state index contributed by atoms with van der Waals surface area (Å²) < 4.78 is 0. The number of aromatic nitrogens is 2. The Bertz CT molecular complexity index is 546. The van der Waals surface area contributed by atoms with Gasteiger partial charge < -0.3 is 15.7 Å². The molecule has 6 heteroatoms. The molecule has 0 saturated heterocycles. The van der Waals surface area contributed by atoms with Crippen LogP contribution in [-0.4, -0.2) is 32.8 Å². The van der Waals surface area contributed by atoms with Crippen LogP contribution in [0.2, 0.25) is 0 Å². The lowest BCUT2D eigenvalue weighted by Gasteiger charge is -2.22. The van der Waals surface area contributed by atoms with Crippen LogP contribution in [0.15, 0.2) is 6.20 Å². The van der Waals surface area contributed by atoms with Crippen molar-refractivity contribution >= 4 is 11.8 Å². The number of hydrogen-bond acceptors (Lipinski definition) is 6. The molecule has 0 aromatic carbocycles. The molecule has 3 N–H and O–H groups in total. The van der Waals surface area contributed by atoms with Gasteiger partial charge in [-0.2, -0.15) is 10.2 Å². The van der Waals surface area contributed by atoms with E-state index >= 15 is 0 Å². The Kier molecular flexibility index (Phi) is 5.19. The number of aliphatic hydroxyl groups is 1. The number of nitriles is 1. The standard InChI is InChI=1S/C16H25N5O/c1-16(2,3)21-15-18-10-11(9-17)14(20-15)19-12-6-4-5-7-13(22)8-12/h10,12-13,22H,4-8H2,1-3H3,(H2,18,19,20,21)/t12-,13+/m1/s1. The maximum Gasteiger partial charge on any atom is 0.225 e. The fraction of sp³-hybridized carbons (Fsp3) is 0.688. The van der Waals surface area contributed by atoms with Gasteiger partial charge in [-0.1, -0.05) is 12.8 Å². The second kappa shape index (κ2) is 6.93. The van der Waals surface area contributed by atoms with Crippen molar-refractivity contribution in [2.24, 2.45) is 0 Å². The molecule has 1 saturated carbocycles. The molecule has 22 heavy (non-hydrogen) atoms. The van der Waals surface area contributed by atoms with Crippen molar-refractivity contribution in [2.75, 3.05) is 10.6 Å². The van der Waals surface area contributed by atoms with Crippen molar-refractivity contribution in [1.82, 2.24) is 9.97 Å². The molecular weight excluding hydrogens is 278 g/mol. The maximum absolute atomic E-state index is 9.92. The van der Waals surface area contributed by atoms with Crippen molar-refractivity contribution in [3.63, 3.8) is 0 Å². The van der Waals surface area contributed by atoms with Crippen molar-refractivity contribution in [3.05, 3.63) is 11.8 Å². The largest absolute Gasteiger partial charge is 0.393 e. The molecule has 1 aromatic rings. The number of anilines is 2. The molecule has 1 aliphatic carbocycles. The van der Waals surface area contributed by atoms with Gasteiger partial charge in [-0.15, -0.1) is 0 Å². The molecule has 0 unspecified atom stereocenters. The van der Waals surface area contributed by atoms with E-state index in [2.05, 4.69) is 26.7 Å². The molecule has 1 fully saturated rings. The first kappa shape index (κ1) is 16.5. The van der Waals surface area contributed by atoms with Crippen molar-refractivity contribution < 1.29 is 5.11 Å². The Hall–Kier alpha value is -1.87. The second-order valence-corrected chi connectivity index (χ2v) is 6.96. The first-order valence-corrected chi connectivity index (χ1v) is 7.87. The molecule has 1 heterocycles. The Balaban J connectivity index is 2.17. The van der Waals surface area contributed by atoms with E-state index in [4.69, 9.17) is 0 Å². The van der Waals surface area contributed by atoms with Gasteiger partial charge in [0.2, 0.25) is 5.95 Å². The molecule has 0 amide bonds. The van der Waals surface area contributed by atoms with Gasteiger partial charge in [0.05, 0.1) is 12.3 Å². The van der Waals surface area contributed by atoms with Gasteiger partial charge in [0, 0.05) is 11.6 Å². The Morgan fingerprint density at radius 1 is 1.32 bits per heavy atom. The molecule has 6 nitrogen and oxygen atoms in total. The first-order chi connectivity index (χ1) is 10.4. The van der Waals surface area contributed by atoms with Crippen molar-refractivity contribution in [2.45, 2.75) is 70.6 Å². The van der Waals surface area contributed by atoms with Crippen LogP contribution in [0, 0.1) is 11.3 Å². The molecule has 120 valence electrons. The monoisotopic (exact) mass is 303 g/mol. The van der Waals surface area contributed by atoms with Crippen molar-refractivity contribution in [1.29, 1.82) is 5.26 Å². The van der Waals surface area contributed by atoms with Crippen LogP contribution in [0.5, 0.6) is 0 Å². The van der Waals surface area contributed by atoms with Gasteiger partial charge in [0.1, 0.15) is 17.5 Å². The smallest absolute Gasteiger partial charge is 0.225 e. The fourth-order valence-electron chi connectivity index (χ4n) is 2.63. The van der Waals surface area contributed by atoms with Crippen LogP contribution >= 0.6 is 0 Å². The maximum atomic E-state index is 9.92. The molecule has 1 aliphatic rings. The highest BCUT2D eigenvalue weighted by Gasteiger charge is 2.20. The summed E-state index contributed by atoms with van der Waals surface area (Å²) >= 11 is 0. The molecule has 0 bridgehead atoms. The van der Waals surface area contributed by atoms with Crippen LogP contribution < -0.4 is 10.6 Å². The third-order valence-electron chi connectivity index (χ3n) is 3.63. The molecule has 0 radical (unpaired) electrons. The van der Waals surface area contributed by atoms with Gasteiger partial charge in [-0.05, 0) is 40.0 Å². The summed E-state index contributed by atoms with van der Waals surface area (Å²) in [6.45, 7) is 6.09. The third kappa shape index (κ3) is 4.85. The summed E-state index contributed by atoms with van der Waals surface area (Å²) in [5, 5.41) is 25.7. The van der Waals surface area contributed by atoms with Crippen molar-refractivity contribution in [3.8, 4) is 6.07 Å². The summed E-state index contributed by atoms with van der Waals surface area (Å²) in [7, 11) is 0. The van der Waals surface area contributed by atoms with E-state index in [0.717, 1.165) is 25.7 Å². The van der Waals surface area contributed by atoms with E-state index in [9.17, 15) is 10.4 Å². The predicted octanol–water partition coefficient (Wildman–Crippen LogP) is 2.66. The van der Waals surface area contributed by atoms with Gasteiger partial charge in [-0.3, -0.25) is 0 Å². The molecule has 2 atom stereocenters. The number of aliphatic hydroxyl groups excluding tert-OH is 1. The summed E-state index contributed by atoms with van der Waals surface area (Å²) in [5.74, 6) is 1.05. The SMILES string of the molecule is CC(C)(C)Nc1ncc(C#N)c(N[C@@H]2CCCC[C@H](O)C2)n1. The average Bonchev–Trinajstić information content (AvgIpc) is 2.61. The van der Waals surface area contributed by atoms with E-state index in [1.54, 1.807) is 0 Å². The van der Waals surface area contributed by atoms with E-state index in [1.165, 1.54) is 6.20 Å². The Morgan fingerprint density at radius 2 is 2.05 bits per heavy atom. The minimum Gasteiger partial charge on any atom is -0.393 e. The van der Waals surface area contributed by atoms with Crippen LogP contribution in [-0.2, 0) is 0 Å². The quantitative estimate of drug-likeness (QED) is 0.743. The summed E-state index contributed by atoms with van der Waals surface area (Å²) in [6, 6.07) is 2.26. The summed E-state index contributed by atoms with van der Waals surface area (Å²) in [4.78, 5) is 8.63. The van der Waals surface area contributed by atoms with E-state index in [0.29, 0.717) is 23.8 Å². The fourth-order valence-corrected chi connectivity index (χ4v) is 2.63. The van der Waals surface area contributed by atoms with Crippen LogP contribution in [0.25, 0.3) is 0 Å². The zero-order valence-corrected chi connectivity index (χ0v) is 13.6. The molecule has 1 aromatic heterocycles. The summed E-state index contributed by atoms with van der Waals surface area (Å²) in [5.41, 5.74) is 0.280. The van der Waals surface area contributed by atoms with Crippen LogP contribution in [0.3, 0.4) is 0 Å². The number of nitrogens with zero attached hydrogens (tertiary/aromatic N) is 3. The molecule has 0 aliphatic heterocycles. The highest BCUT2D eigenvalue weighted by Crippen LogP contribution is 2.23. The van der Waals surface area contributed by atoms with Gasteiger partial charge in [-0.25, -0.2) is 4.98 Å². The topological polar surface area (TPSA) is 93.9 Å². The number of hydrogen-bond donors (Lipinski definition) is 3. The molecular formula is C16H25N5O. The van der Waals surface area contributed by atoms with Crippen LogP contribution in [0.1, 0.15) is 58.4 Å². The zero-order valence-electron chi connectivity index (χ0n) is 13.6. The lowest BCUT2D eigenvalue weighted by Crippen LogP contribution is -2.28. The average molecular weight is 303 g/mol. The zero-order chi connectivity index (χ0) is 16.2. The van der Waals surface area contributed by atoms with Crippen LogP contribution in [0.4, 0.5) is 11.8 Å². The Labute approximate surface area is 132 Å². The van der Waals surface area contributed by atoms with E-state index in [-0.39, 0.29) is 17.7 Å². The molecule has 0 spiro atoms. The van der Waals surface area contributed by atoms with E-state index in [1.807, 2.05) is 20.8 Å². The normalized spacial score (nSPS) is 22.5. The van der Waals surface area contributed by atoms with Gasteiger partial charge in [0.15, 0.2) is 0 Å². The third-order valence-corrected chi connectivity index (χ3v) is 3.63. The van der Waals surface area contributed by atoms with Gasteiger partial charge in [0.25, 0.3) is 0 Å². The number of nitrogens with one attached hydrogen (secondary N) is 2. The molecule has 2 rings (SSSR count). The summed E-state index contributed by atoms with van der Waals surface area (Å²) in [6.07, 6.45) is 5.91. The Morgan fingerprint density at radius 3 is 2.73 bits per heavy atom. The lowest BCUT2D eigenvalue weighted by molar-refractivity contribution is 0.154. The second-order valence-electron chi connectivity index (χ2n) is 6.96. The number of rotatable bonds is 3. The van der Waals surface area contributed by atoms with Gasteiger partial charge >= 0.3 is 0 Å². The first-order valence-electron chi connectivity index (χ1n) is 7.87. The minimum atomic E-state index is -0.278. The van der Waals surface area contributed by atoms with E-state index < -0.39 is 0 Å². The lowest BCUT2D eigenvalue weighted by atomic mass is 10.1. The predicted molar refractivity (Wildman–Crippen MR) is 86.6 cm³/mol. The highest BCUT2D eigenvalue weighted by molar-refractivity contribution is 5.54. The highest BCUT2D eigenvalue weighted by atomic mass is 16.3. The minimum absolute atomic E-state index is 0.141.